The zero-order valence-electron chi connectivity index (χ0n) is 20.8. The third kappa shape index (κ3) is 5.31. The number of carbonyl (C=O) groups excluding carboxylic acids is 1. The molecular weight excluding hydrogens is 519 g/mol. The molecule has 194 valence electrons. The van der Waals surface area contributed by atoms with Crippen LogP contribution in [0.15, 0.2) is 79.6 Å². The van der Waals surface area contributed by atoms with E-state index in [1.54, 1.807) is 41.6 Å². The van der Waals surface area contributed by atoms with Crippen LogP contribution in [0.2, 0.25) is 0 Å². The molecule has 6 aromatic rings. The zero-order chi connectivity index (χ0) is 26.9. The van der Waals surface area contributed by atoms with Crippen molar-refractivity contribution in [3.05, 3.63) is 91.2 Å². The summed E-state index contributed by atoms with van der Waals surface area (Å²) in [6.07, 6.45) is 8.81. The number of thiazole rings is 1. The molecule has 12 heteroatoms. The van der Waals surface area contributed by atoms with Gasteiger partial charge in [0.25, 0.3) is 0 Å². The number of imidazole rings is 1. The average Bonchev–Trinajstić information content (AvgIpc) is 3.65. The van der Waals surface area contributed by atoms with Gasteiger partial charge in [-0.2, -0.15) is 5.10 Å². The Kier molecular flexibility index (Phi) is 6.21. The summed E-state index contributed by atoms with van der Waals surface area (Å²) >= 11 is 1.32. The maximum atomic E-state index is 14.8. The summed E-state index contributed by atoms with van der Waals surface area (Å²) in [5.74, 6) is 0.120. The van der Waals surface area contributed by atoms with Gasteiger partial charge in [-0.15, -0.1) is 0 Å². The molecule has 0 aliphatic heterocycles. The van der Waals surface area contributed by atoms with E-state index in [1.807, 2.05) is 49.1 Å². The minimum Gasteiger partial charge on any atom is -0.457 e. The number of fused-ring (bicyclic) bond motifs is 1. The van der Waals surface area contributed by atoms with Crippen molar-refractivity contribution in [1.29, 1.82) is 0 Å². The lowest BCUT2D eigenvalue weighted by molar-refractivity contribution is 0.262. The number of anilines is 2. The number of aryl methyl sites for hydroxylation is 2. The average molecular weight is 541 g/mol. The first-order valence-electron chi connectivity index (χ1n) is 11.8. The second-order valence-electron chi connectivity index (χ2n) is 8.70. The molecule has 0 unspecified atom stereocenters. The topological polar surface area (TPSA) is 112 Å². The summed E-state index contributed by atoms with van der Waals surface area (Å²) in [5, 5.41) is 9.73. The van der Waals surface area contributed by atoms with Crippen molar-refractivity contribution in [2.24, 2.45) is 7.05 Å². The highest BCUT2D eigenvalue weighted by Gasteiger charge is 2.13. The van der Waals surface area contributed by atoms with Gasteiger partial charge in [-0.1, -0.05) is 11.3 Å². The van der Waals surface area contributed by atoms with Crippen molar-refractivity contribution in [3.8, 4) is 28.4 Å². The number of urea groups is 1. The molecule has 0 saturated heterocycles. The molecule has 4 heterocycles. The van der Waals surface area contributed by atoms with E-state index in [0.717, 1.165) is 27.2 Å². The van der Waals surface area contributed by atoms with Gasteiger partial charge in [0.15, 0.2) is 5.13 Å². The standard InChI is InChI=1S/C27H21FN8O2S/c1-16-13-36(15-30-16)18-3-5-23-25(9-18)39-27(33-23)34-26(37)32-22-6-4-19(10-21(22)28)38-20-7-8-29-24(11-20)17-12-31-35(2)14-17/h3-15H,1-2H3,(H2,32,33,34,37). The number of nitrogens with one attached hydrogen (secondary N) is 2. The fourth-order valence-corrected chi connectivity index (χ4v) is 4.82. The summed E-state index contributed by atoms with van der Waals surface area (Å²) in [4.78, 5) is 25.6. The molecule has 0 aliphatic carbocycles. The van der Waals surface area contributed by atoms with Crippen LogP contribution in [0.4, 0.5) is 20.0 Å². The Balaban J connectivity index is 1.11. The monoisotopic (exact) mass is 540 g/mol. The van der Waals surface area contributed by atoms with E-state index in [2.05, 4.69) is 30.7 Å². The van der Waals surface area contributed by atoms with Crippen molar-refractivity contribution < 1.29 is 13.9 Å². The highest BCUT2D eigenvalue weighted by Crippen LogP contribution is 2.30. The van der Waals surface area contributed by atoms with Gasteiger partial charge in [0.05, 0.1) is 39.8 Å². The highest BCUT2D eigenvalue weighted by atomic mass is 32.1. The molecule has 0 saturated carbocycles. The highest BCUT2D eigenvalue weighted by molar-refractivity contribution is 7.22. The zero-order valence-corrected chi connectivity index (χ0v) is 21.6. The molecular formula is C27H21FN8O2S. The molecule has 0 spiro atoms. The third-order valence-corrected chi connectivity index (χ3v) is 6.69. The summed E-state index contributed by atoms with van der Waals surface area (Å²) in [6, 6.07) is 12.8. The Labute approximate surface area is 225 Å². The van der Waals surface area contributed by atoms with Gasteiger partial charge in [0, 0.05) is 49.0 Å². The largest absolute Gasteiger partial charge is 0.457 e. The SMILES string of the molecule is Cc1cn(-c2ccc3nc(NC(=O)Nc4ccc(Oc5ccnc(-c6cnn(C)c6)c5)cc4F)sc3c2)cn1. The number of pyridine rings is 1. The maximum absolute atomic E-state index is 14.8. The second-order valence-corrected chi connectivity index (χ2v) is 9.73. The molecule has 0 bridgehead atoms. The van der Waals surface area contributed by atoms with Crippen LogP contribution in [-0.4, -0.2) is 35.3 Å². The van der Waals surface area contributed by atoms with Crippen LogP contribution < -0.4 is 15.4 Å². The molecule has 0 radical (unpaired) electrons. The Morgan fingerprint density at radius 1 is 1.03 bits per heavy atom. The van der Waals surface area contributed by atoms with Gasteiger partial charge >= 0.3 is 6.03 Å². The second kappa shape index (κ2) is 9.99. The van der Waals surface area contributed by atoms with E-state index >= 15 is 0 Å². The fourth-order valence-electron chi connectivity index (χ4n) is 3.92. The van der Waals surface area contributed by atoms with E-state index in [0.29, 0.717) is 16.6 Å². The minimum absolute atomic E-state index is 0.00417. The lowest BCUT2D eigenvalue weighted by Crippen LogP contribution is -2.19. The predicted molar refractivity (Wildman–Crippen MR) is 147 cm³/mol. The first-order valence-corrected chi connectivity index (χ1v) is 12.6. The van der Waals surface area contributed by atoms with Crippen molar-refractivity contribution in [1.82, 2.24) is 29.3 Å². The van der Waals surface area contributed by atoms with Gasteiger partial charge in [0.2, 0.25) is 0 Å². The van der Waals surface area contributed by atoms with E-state index in [9.17, 15) is 9.18 Å². The Morgan fingerprint density at radius 2 is 1.90 bits per heavy atom. The molecule has 6 rings (SSSR count). The number of benzene rings is 2. The molecule has 0 aliphatic rings. The molecule has 0 atom stereocenters. The maximum Gasteiger partial charge on any atom is 0.325 e. The molecule has 2 N–H and O–H groups in total. The number of aromatic nitrogens is 6. The number of halogens is 1. The fraction of sp³-hybridized carbons (Fsp3) is 0.0741. The Hall–Kier alpha value is -5.10. The van der Waals surface area contributed by atoms with Gasteiger partial charge in [-0.25, -0.2) is 19.2 Å². The first kappa shape index (κ1) is 24.2. The van der Waals surface area contributed by atoms with Gasteiger partial charge in [-0.3, -0.25) is 15.0 Å². The molecule has 2 aromatic carbocycles. The molecule has 39 heavy (non-hydrogen) atoms. The van der Waals surface area contributed by atoms with E-state index in [4.69, 9.17) is 4.74 Å². The number of hydrogen-bond acceptors (Lipinski definition) is 7. The number of rotatable bonds is 6. The van der Waals surface area contributed by atoms with Crippen LogP contribution in [0.25, 0.3) is 27.2 Å². The van der Waals surface area contributed by atoms with Crippen LogP contribution in [-0.2, 0) is 7.05 Å². The van der Waals surface area contributed by atoms with Crippen LogP contribution in [0.5, 0.6) is 11.5 Å². The quantitative estimate of drug-likeness (QED) is 0.262. The van der Waals surface area contributed by atoms with Crippen molar-refractivity contribution in [2.45, 2.75) is 6.92 Å². The molecule has 10 nitrogen and oxygen atoms in total. The van der Waals surface area contributed by atoms with E-state index in [-0.39, 0.29) is 11.4 Å². The minimum atomic E-state index is -0.645. The third-order valence-electron chi connectivity index (χ3n) is 5.76. The predicted octanol–water partition coefficient (Wildman–Crippen LogP) is 6.16. The van der Waals surface area contributed by atoms with Crippen LogP contribution in [0, 0.1) is 12.7 Å². The Morgan fingerprint density at radius 3 is 2.67 bits per heavy atom. The summed E-state index contributed by atoms with van der Waals surface area (Å²) < 4.78 is 25.1. The number of amides is 2. The van der Waals surface area contributed by atoms with Crippen molar-refractivity contribution >= 4 is 38.4 Å². The smallest absolute Gasteiger partial charge is 0.325 e. The first-order chi connectivity index (χ1) is 18.9. The molecule has 2 amide bonds. The Bertz CT molecular complexity index is 1830. The van der Waals surface area contributed by atoms with Crippen LogP contribution in [0.3, 0.4) is 0 Å². The van der Waals surface area contributed by atoms with Gasteiger partial charge < -0.3 is 14.6 Å². The summed E-state index contributed by atoms with van der Waals surface area (Å²) in [5.41, 5.74) is 4.11. The number of ether oxygens (including phenoxy) is 1. The number of carbonyl (C=O) groups is 1. The summed E-state index contributed by atoms with van der Waals surface area (Å²) in [7, 11) is 1.82. The molecule has 4 aromatic heterocycles. The lowest BCUT2D eigenvalue weighted by Gasteiger charge is -2.10. The summed E-state index contributed by atoms with van der Waals surface area (Å²) in [6.45, 7) is 1.92. The van der Waals surface area contributed by atoms with Crippen LogP contribution >= 0.6 is 11.3 Å². The normalized spacial score (nSPS) is 11.1. The number of nitrogens with zero attached hydrogens (tertiary/aromatic N) is 6. The van der Waals surface area contributed by atoms with Crippen molar-refractivity contribution in [2.75, 3.05) is 10.6 Å². The van der Waals surface area contributed by atoms with E-state index < -0.39 is 11.8 Å². The lowest BCUT2D eigenvalue weighted by atomic mass is 10.2. The van der Waals surface area contributed by atoms with Crippen LogP contribution in [0.1, 0.15) is 5.69 Å². The number of hydrogen-bond donors (Lipinski definition) is 2. The van der Waals surface area contributed by atoms with Crippen molar-refractivity contribution in [3.63, 3.8) is 0 Å². The molecule has 0 fully saturated rings. The van der Waals surface area contributed by atoms with Gasteiger partial charge in [0.1, 0.15) is 17.3 Å². The van der Waals surface area contributed by atoms with E-state index in [1.165, 1.54) is 23.5 Å². The van der Waals surface area contributed by atoms with Gasteiger partial charge in [-0.05, 0) is 43.3 Å².